The molecule has 3 N–H and O–H groups in total. The van der Waals surface area contributed by atoms with Crippen LogP contribution >= 0.6 is 15.9 Å². The summed E-state index contributed by atoms with van der Waals surface area (Å²) in [6, 6.07) is 9.40. The van der Waals surface area contributed by atoms with Gasteiger partial charge in [-0.25, -0.2) is 0 Å². The van der Waals surface area contributed by atoms with E-state index in [1.807, 2.05) is 31.2 Å². The predicted molar refractivity (Wildman–Crippen MR) is 83.4 cm³/mol. The summed E-state index contributed by atoms with van der Waals surface area (Å²) >= 11 is 3.39. The Morgan fingerprint density at radius 3 is 2.65 bits per heavy atom. The first-order chi connectivity index (χ1) is 9.47. The number of anilines is 1. The van der Waals surface area contributed by atoms with Crippen LogP contribution in [0.1, 0.15) is 34.6 Å². The van der Waals surface area contributed by atoms with Gasteiger partial charge in [-0.15, -0.1) is 0 Å². The van der Waals surface area contributed by atoms with Crippen LogP contribution in [0, 0.1) is 6.92 Å². The molecule has 0 saturated heterocycles. The third kappa shape index (κ3) is 3.36. The zero-order valence-electron chi connectivity index (χ0n) is 11.4. The minimum absolute atomic E-state index is 0.0866. The maximum atomic E-state index is 12.3. The lowest BCUT2D eigenvalue weighted by Gasteiger charge is -2.15. The fourth-order valence-corrected chi connectivity index (χ4v) is 2.15. The summed E-state index contributed by atoms with van der Waals surface area (Å²) in [5.41, 5.74) is 8.37. The van der Waals surface area contributed by atoms with Gasteiger partial charge in [-0.1, -0.05) is 28.1 Å². The highest BCUT2D eigenvalue weighted by molar-refractivity contribution is 9.10. The van der Waals surface area contributed by atoms with Crippen LogP contribution in [-0.2, 0) is 0 Å². The van der Waals surface area contributed by atoms with Gasteiger partial charge in [0.05, 0.1) is 29.2 Å². The van der Waals surface area contributed by atoms with E-state index < -0.39 is 0 Å². The van der Waals surface area contributed by atoms with Gasteiger partial charge in [0.1, 0.15) is 0 Å². The summed E-state index contributed by atoms with van der Waals surface area (Å²) in [6.07, 6.45) is 1.55. The van der Waals surface area contributed by atoms with Crippen LogP contribution in [0.4, 0.5) is 5.69 Å². The van der Waals surface area contributed by atoms with E-state index >= 15 is 0 Å². The quantitative estimate of drug-likeness (QED) is 0.906. The van der Waals surface area contributed by atoms with Crippen molar-refractivity contribution in [1.29, 1.82) is 0 Å². The molecule has 0 fully saturated rings. The Morgan fingerprint density at radius 1 is 1.35 bits per heavy atom. The molecule has 4 nitrogen and oxygen atoms in total. The number of nitrogens with two attached hydrogens (primary N) is 1. The number of nitrogens with one attached hydrogen (secondary N) is 1. The molecule has 104 valence electrons. The highest BCUT2D eigenvalue weighted by atomic mass is 79.9. The summed E-state index contributed by atoms with van der Waals surface area (Å²) < 4.78 is 1.01. The van der Waals surface area contributed by atoms with Crippen LogP contribution < -0.4 is 11.1 Å². The third-order valence-electron chi connectivity index (χ3n) is 3.07. The normalized spacial score (nSPS) is 11.9. The summed E-state index contributed by atoms with van der Waals surface area (Å²) in [5.74, 6) is -0.169. The molecule has 0 bridgehead atoms. The molecule has 5 heteroatoms. The minimum Gasteiger partial charge on any atom is -0.397 e. The highest BCUT2D eigenvalue weighted by Crippen LogP contribution is 2.18. The summed E-state index contributed by atoms with van der Waals surface area (Å²) in [5, 5.41) is 2.95. The van der Waals surface area contributed by atoms with Gasteiger partial charge in [-0.3, -0.25) is 9.78 Å². The third-order valence-corrected chi connectivity index (χ3v) is 3.60. The fraction of sp³-hybridized carbons (Fsp3) is 0.200. The maximum absolute atomic E-state index is 12.3. The number of rotatable bonds is 3. The van der Waals surface area contributed by atoms with Crippen molar-refractivity contribution in [3.8, 4) is 0 Å². The molecular formula is C15H16BrN3O. The van der Waals surface area contributed by atoms with Crippen molar-refractivity contribution in [1.82, 2.24) is 10.3 Å². The first-order valence-electron chi connectivity index (χ1n) is 6.26. The molecule has 0 unspecified atom stereocenters. The van der Waals surface area contributed by atoms with Crippen molar-refractivity contribution in [2.24, 2.45) is 0 Å². The van der Waals surface area contributed by atoms with Gasteiger partial charge < -0.3 is 11.1 Å². The Balaban J connectivity index is 2.15. The van der Waals surface area contributed by atoms with Crippen LogP contribution in [0.2, 0.25) is 0 Å². The molecule has 20 heavy (non-hydrogen) atoms. The molecule has 0 aliphatic rings. The molecule has 1 heterocycles. The first-order valence-corrected chi connectivity index (χ1v) is 7.05. The Kier molecular flexibility index (Phi) is 4.39. The largest absolute Gasteiger partial charge is 0.397 e. The second kappa shape index (κ2) is 6.05. The summed E-state index contributed by atoms with van der Waals surface area (Å²) in [6.45, 7) is 3.73. The van der Waals surface area contributed by atoms with E-state index in [-0.39, 0.29) is 11.9 Å². The number of aryl methyl sites for hydroxylation is 1. The lowest BCUT2D eigenvalue weighted by molar-refractivity contribution is 0.0939. The number of hydrogen-bond donors (Lipinski definition) is 2. The Morgan fingerprint density at radius 2 is 2.00 bits per heavy atom. The molecule has 0 spiro atoms. The van der Waals surface area contributed by atoms with E-state index in [1.54, 1.807) is 19.2 Å². The lowest BCUT2D eigenvalue weighted by Crippen LogP contribution is -2.27. The molecule has 0 saturated carbocycles. The average molecular weight is 334 g/mol. The molecular weight excluding hydrogens is 318 g/mol. The van der Waals surface area contributed by atoms with Crippen molar-refractivity contribution >= 4 is 27.5 Å². The second-order valence-corrected chi connectivity index (χ2v) is 5.56. The number of halogens is 1. The molecule has 1 aromatic carbocycles. The molecule has 0 radical (unpaired) electrons. The Bertz CT molecular complexity index is 626. The maximum Gasteiger partial charge on any atom is 0.253 e. The number of aromatic nitrogens is 1. The number of hydrogen-bond acceptors (Lipinski definition) is 3. The monoisotopic (exact) mass is 333 g/mol. The number of nitrogen functional groups attached to an aromatic ring is 1. The number of pyridine rings is 1. The van der Waals surface area contributed by atoms with Gasteiger partial charge in [0.2, 0.25) is 0 Å². The van der Waals surface area contributed by atoms with Gasteiger partial charge in [0, 0.05) is 4.47 Å². The van der Waals surface area contributed by atoms with E-state index in [0.29, 0.717) is 16.9 Å². The molecule has 1 amide bonds. The highest BCUT2D eigenvalue weighted by Gasteiger charge is 2.14. The summed E-state index contributed by atoms with van der Waals surface area (Å²) in [4.78, 5) is 16.4. The average Bonchev–Trinajstić information content (AvgIpc) is 2.42. The lowest BCUT2D eigenvalue weighted by atomic mass is 10.1. The van der Waals surface area contributed by atoms with Gasteiger partial charge in [-0.2, -0.15) is 0 Å². The van der Waals surface area contributed by atoms with Crippen LogP contribution in [0.5, 0.6) is 0 Å². The molecule has 2 rings (SSSR count). The first kappa shape index (κ1) is 14.5. The van der Waals surface area contributed by atoms with Crippen LogP contribution in [0.15, 0.2) is 41.0 Å². The zero-order valence-corrected chi connectivity index (χ0v) is 12.9. The number of carbonyl (C=O) groups excluding carboxylic acids is 1. The van der Waals surface area contributed by atoms with E-state index in [1.165, 1.54) is 0 Å². The van der Waals surface area contributed by atoms with Crippen molar-refractivity contribution in [2.45, 2.75) is 19.9 Å². The van der Waals surface area contributed by atoms with Crippen molar-refractivity contribution in [3.63, 3.8) is 0 Å². The number of benzene rings is 1. The Labute approximate surface area is 126 Å². The molecule has 1 aromatic heterocycles. The van der Waals surface area contributed by atoms with Gasteiger partial charge in [0.25, 0.3) is 5.91 Å². The summed E-state index contributed by atoms with van der Waals surface area (Å²) in [7, 11) is 0. The molecule has 0 aliphatic heterocycles. The van der Waals surface area contributed by atoms with Crippen LogP contribution in [-0.4, -0.2) is 10.9 Å². The van der Waals surface area contributed by atoms with Crippen molar-refractivity contribution < 1.29 is 4.79 Å². The smallest absolute Gasteiger partial charge is 0.253 e. The van der Waals surface area contributed by atoms with E-state index in [2.05, 4.69) is 26.2 Å². The van der Waals surface area contributed by atoms with Gasteiger partial charge in [0.15, 0.2) is 0 Å². The minimum atomic E-state index is -0.169. The number of nitrogens with zero attached hydrogens (tertiary/aromatic N) is 1. The topological polar surface area (TPSA) is 68.0 Å². The number of amides is 1. The van der Waals surface area contributed by atoms with Crippen LogP contribution in [0.3, 0.4) is 0 Å². The van der Waals surface area contributed by atoms with E-state index in [4.69, 9.17) is 5.73 Å². The van der Waals surface area contributed by atoms with E-state index in [0.717, 1.165) is 10.0 Å². The van der Waals surface area contributed by atoms with Crippen LogP contribution in [0.25, 0.3) is 0 Å². The molecule has 1 atom stereocenters. The van der Waals surface area contributed by atoms with Gasteiger partial charge >= 0.3 is 0 Å². The standard InChI is InChI=1S/C15H16BrN3O/c1-9(11-3-5-12(16)6-4-11)19-15(20)14-7-13(17)8-18-10(14)2/h3-9H,17H2,1-2H3,(H,19,20)/t9-/m0/s1. The molecule has 2 aromatic rings. The Hall–Kier alpha value is -1.88. The van der Waals surface area contributed by atoms with Gasteiger partial charge in [-0.05, 0) is 37.6 Å². The fourth-order valence-electron chi connectivity index (χ4n) is 1.89. The molecule has 0 aliphatic carbocycles. The van der Waals surface area contributed by atoms with E-state index in [9.17, 15) is 4.79 Å². The van der Waals surface area contributed by atoms with Crippen molar-refractivity contribution in [2.75, 3.05) is 5.73 Å². The van der Waals surface area contributed by atoms with Crippen molar-refractivity contribution in [3.05, 3.63) is 57.8 Å². The number of carbonyl (C=O) groups is 1. The second-order valence-electron chi connectivity index (χ2n) is 4.65. The SMILES string of the molecule is Cc1ncc(N)cc1C(=O)N[C@@H](C)c1ccc(Br)cc1. The zero-order chi connectivity index (χ0) is 14.7. The predicted octanol–water partition coefficient (Wildman–Crippen LogP) is 3.23.